The summed E-state index contributed by atoms with van der Waals surface area (Å²) in [5, 5.41) is 3.45. The standard InChI is InChI=1S/C27H26ClFN2O4/c1-34-24-12-9-18(15-25(24)35-2)27(33)31-14-13-23(21(16-31)17-7-10-19(29)11-8-17)30-26(32)20-5-3-4-6-22(20)28/h3-12,15,21,23H,13-14,16H2,1-2H3,(H,30,32)/t21-,23+/m1/s1. The zero-order valence-corrected chi connectivity index (χ0v) is 20.2. The van der Waals surface area contributed by atoms with Gasteiger partial charge in [-0.15, -0.1) is 0 Å². The molecule has 6 nitrogen and oxygen atoms in total. The SMILES string of the molecule is COc1ccc(C(=O)N2CC[C@H](NC(=O)c3ccccc3Cl)[C@@H](c3ccc(F)cc3)C2)cc1OC. The van der Waals surface area contributed by atoms with Gasteiger partial charge in [-0.2, -0.15) is 0 Å². The summed E-state index contributed by atoms with van der Waals surface area (Å²) in [5.41, 5.74) is 1.69. The molecule has 0 aromatic heterocycles. The molecule has 0 spiro atoms. The second-order valence-electron chi connectivity index (χ2n) is 8.33. The number of carbonyl (C=O) groups is 2. The van der Waals surface area contributed by atoms with Crippen LogP contribution >= 0.6 is 11.6 Å². The number of likely N-dealkylation sites (tertiary alicyclic amines) is 1. The van der Waals surface area contributed by atoms with Crippen molar-refractivity contribution in [1.82, 2.24) is 10.2 Å². The molecule has 4 rings (SSSR count). The van der Waals surface area contributed by atoms with E-state index in [0.29, 0.717) is 47.2 Å². The number of hydrogen-bond acceptors (Lipinski definition) is 4. The number of rotatable bonds is 6. The predicted octanol–water partition coefficient (Wildman–Crippen LogP) is 4.92. The Hall–Kier alpha value is -3.58. The fourth-order valence-corrected chi connectivity index (χ4v) is 4.62. The lowest BCUT2D eigenvalue weighted by Crippen LogP contribution is -2.51. The first-order chi connectivity index (χ1) is 16.9. The summed E-state index contributed by atoms with van der Waals surface area (Å²) in [5.74, 6) is -0.0229. The smallest absolute Gasteiger partial charge is 0.254 e. The molecule has 1 aliphatic heterocycles. The Kier molecular flexibility index (Phi) is 7.56. The summed E-state index contributed by atoms with van der Waals surface area (Å²) in [7, 11) is 3.05. The Morgan fingerprint density at radius 1 is 1.00 bits per heavy atom. The first kappa shape index (κ1) is 24.5. The van der Waals surface area contributed by atoms with Gasteiger partial charge in [-0.25, -0.2) is 4.39 Å². The molecule has 1 saturated heterocycles. The number of ether oxygens (including phenoxy) is 2. The number of amides is 2. The first-order valence-corrected chi connectivity index (χ1v) is 11.6. The van der Waals surface area contributed by atoms with E-state index in [9.17, 15) is 14.0 Å². The van der Waals surface area contributed by atoms with Gasteiger partial charge in [0, 0.05) is 30.6 Å². The van der Waals surface area contributed by atoms with Crippen molar-refractivity contribution in [2.75, 3.05) is 27.3 Å². The summed E-state index contributed by atoms with van der Waals surface area (Å²) in [4.78, 5) is 28.1. The van der Waals surface area contributed by atoms with Crippen molar-refractivity contribution in [2.45, 2.75) is 18.4 Å². The molecule has 0 saturated carbocycles. The Morgan fingerprint density at radius 3 is 2.40 bits per heavy atom. The van der Waals surface area contributed by atoms with Crippen LogP contribution in [-0.2, 0) is 0 Å². The number of piperidine rings is 1. The third kappa shape index (κ3) is 5.41. The second kappa shape index (κ2) is 10.8. The zero-order valence-electron chi connectivity index (χ0n) is 19.5. The molecule has 0 radical (unpaired) electrons. The maximum absolute atomic E-state index is 13.6. The molecule has 3 aromatic carbocycles. The van der Waals surface area contributed by atoms with Gasteiger partial charge in [0.05, 0.1) is 24.8 Å². The third-order valence-electron chi connectivity index (χ3n) is 6.26. The lowest BCUT2D eigenvalue weighted by molar-refractivity contribution is 0.0671. The molecule has 1 aliphatic rings. The fraction of sp³-hybridized carbons (Fsp3) is 0.259. The highest BCUT2D eigenvalue weighted by Gasteiger charge is 2.34. The van der Waals surface area contributed by atoms with Gasteiger partial charge in [0.2, 0.25) is 0 Å². The van der Waals surface area contributed by atoms with E-state index in [1.165, 1.54) is 26.4 Å². The second-order valence-corrected chi connectivity index (χ2v) is 8.73. The molecular weight excluding hydrogens is 471 g/mol. The Labute approximate surface area is 208 Å². The van der Waals surface area contributed by atoms with Crippen molar-refractivity contribution < 1.29 is 23.5 Å². The van der Waals surface area contributed by atoms with Crippen LogP contribution in [0.2, 0.25) is 5.02 Å². The number of methoxy groups -OCH3 is 2. The zero-order chi connectivity index (χ0) is 24.9. The van der Waals surface area contributed by atoms with Crippen molar-refractivity contribution in [3.63, 3.8) is 0 Å². The van der Waals surface area contributed by atoms with E-state index in [4.69, 9.17) is 21.1 Å². The van der Waals surface area contributed by atoms with Crippen LogP contribution in [0.1, 0.15) is 38.6 Å². The van der Waals surface area contributed by atoms with Gasteiger partial charge in [-0.1, -0.05) is 35.9 Å². The minimum absolute atomic E-state index is 0.158. The molecule has 2 amide bonds. The van der Waals surface area contributed by atoms with Crippen molar-refractivity contribution in [2.24, 2.45) is 0 Å². The topological polar surface area (TPSA) is 67.9 Å². The minimum Gasteiger partial charge on any atom is -0.493 e. The van der Waals surface area contributed by atoms with Gasteiger partial charge in [0.1, 0.15) is 5.82 Å². The maximum Gasteiger partial charge on any atom is 0.254 e. The fourth-order valence-electron chi connectivity index (χ4n) is 4.40. The van der Waals surface area contributed by atoms with Gasteiger partial charge in [0.25, 0.3) is 11.8 Å². The highest BCUT2D eigenvalue weighted by atomic mass is 35.5. The van der Waals surface area contributed by atoms with Crippen LogP contribution in [0.4, 0.5) is 4.39 Å². The predicted molar refractivity (Wildman–Crippen MR) is 132 cm³/mol. The number of nitrogens with zero attached hydrogens (tertiary/aromatic N) is 1. The van der Waals surface area contributed by atoms with Crippen LogP contribution in [-0.4, -0.2) is 50.1 Å². The van der Waals surface area contributed by atoms with Gasteiger partial charge >= 0.3 is 0 Å². The number of carbonyl (C=O) groups excluding carboxylic acids is 2. The van der Waals surface area contributed by atoms with E-state index in [1.807, 2.05) is 0 Å². The van der Waals surface area contributed by atoms with Crippen molar-refractivity contribution in [1.29, 1.82) is 0 Å². The highest BCUT2D eigenvalue weighted by molar-refractivity contribution is 6.33. The van der Waals surface area contributed by atoms with Gasteiger partial charge in [-0.3, -0.25) is 9.59 Å². The van der Waals surface area contributed by atoms with E-state index in [1.54, 1.807) is 59.5 Å². The van der Waals surface area contributed by atoms with Crippen LogP contribution in [0.15, 0.2) is 66.7 Å². The van der Waals surface area contributed by atoms with Crippen molar-refractivity contribution >= 4 is 23.4 Å². The summed E-state index contributed by atoms with van der Waals surface area (Å²) in [6.07, 6.45) is 0.525. The van der Waals surface area contributed by atoms with Crippen molar-refractivity contribution in [3.8, 4) is 11.5 Å². The molecule has 1 N–H and O–H groups in total. The van der Waals surface area contributed by atoms with Crippen LogP contribution in [0.5, 0.6) is 11.5 Å². The van der Waals surface area contributed by atoms with E-state index in [-0.39, 0.29) is 29.6 Å². The summed E-state index contributed by atoms with van der Waals surface area (Å²) >= 11 is 6.21. The van der Waals surface area contributed by atoms with Crippen LogP contribution < -0.4 is 14.8 Å². The molecule has 35 heavy (non-hydrogen) atoms. The Bertz CT molecular complexity index is 1220. The van der Waals surface area contributed by atoms with E-state index >= 15 is 0 Å². The van der Waals surface area contributed by atoms with Gasteiger partial charge < -0.3 is 19.7 Å². The number of nitrogens with one attached hydrogen (secondary N) is 1. The number of halogens is 2. The van der Waals surface area contributed by atoms with Crippen LogP contribution in [0.25, 0.3) is 0 Å². The number of hydrogen-bond donors (Lipinski definition) is 1. The summed E-state index contributed by atoms with van der Waals surface area (Å²) < 4.78 is 24.2. The Morgan fingerprint density at radius 2 is 1.71 bits per heavy atom. The quantitative estimate of drug-likeness (QED) is 0.525. The molecular formula is C27H26ClFN2O4. The lowest BCUT2D eigenvalue weighted by atomic mass is 9.85. The van der Waals surface area contributed by atoms with E-state index in [0.717, 1.165) is 5.56 Å². The largest absolute Gasteiger partial charge is 0.493 e. The molecule has 0 aliphatic carbocycles. The minimum atomic E-state index is -0.348. The normalized spacial score (nSPS) is 17.5. The molecule has 8 heteroatoms. The van der Waals surface area contributed by atoms with E-state index < -0.39 is 0 Å². The average Bonchev–Trinajstić information content (AvgIpc) is 2.88. The third-order valence-corrected chi connectivity index (χ3v) is 6.59. The molecule has 2 atom stereocenters. The monoisotopic (exact) mass is 496 g/mol. The first-order valence-electron chi connectivity index (χ1n) is 11.2. The van der Waals surface area contributed by atoms with E-state index in [2.05, 4.69) is 5.32 Å². The molecule has 1 fully saturated rings. The molecule has 0 bridgehead atoms. The maximum atomic E-state index is 13.6. The average molecular weight is 497 g/mol. The van der Waals surface area contributed by atoms with Crippen molar-refractivity contribution in [3.05, 3.63) is 94.3 Å². The Balaban J connectivity index is 1.58. The molecule has 0 unspecified atom stereocenters. The van der Waals surface area contributed by atoms with Gasteiger partial charge in [-0.05, 0) is 54.4 Å². The van der Waals surface area contributed by atoms with Crippen LogP contribution in [0.3, 0.4) is 0 Å². The highest BCUT2D eigenvalue weighted by Crippen LogP contribution is 2.32. The number of benzene rings is 3. The molecule has 182 valence electrons. The van der Waals surface area contributed by atoms with Gasteiger partial charge in [0.15, 0.2) is 11.5 Å². The molecule has 1 heterocycles. The summed E-state index contributed by atoms with van der Waals surface area (Å²) in [6.45, 7) is 0.796. The molecule has 3 aromatic rings. The van der Waals surface area contributed by atoms with Crippen LogP contribution in [0, 0.1) is 5.82 Å². The summed E-state index contributed by atoms with van der Waals surface area (Å²) in [6, 6.07) is 17.8. The lowest BCUT2D eigenvalue weighted by Gasteiger charge is -2.39.